The second-order valence-corrected chi connectivity index (χ2v) is 8.79. The number of hydrogen-bond acceptors (Lipinski definition) is 6. The third-order valence-corrected chi connectivity index (χ3v) is 6.48. The molecule has 4 aromatic rings. The van der Waals surface area contributed by atoms with Crippen molar-refractivity contribution in [1.29, 1.82) is 0 Å². The number of aromatic nitrogens is 2. The maximum Gasteiger partial charge on any atom is 0.241 e. The molecule has 0 bridgehead atoms. The zero-order valence-electron chi connectivity index (χ0n) is 19.8. The Labute approximate surface area is 200 Å². The molecule has 3 aromatic carbocycles. The number of rotatable bonds is 7. The number of ether oxygens (including phenoxy) is 1. The van der Waals surface area contributed by atoms with E-state index >= 15 is 0 Å². The standard InChI is InChI=1S/C28H30N4O2/c1-21-7-6-10-26(22(21)2)32-17-15-31(16-18-32)19-27-29-28(30-34-27)24-11-13-25(14-12-24)33-20-23-8-4-3-5-9-23/h3-14H,15-20H2,1-2H3. The quantitative estimate of drug-likeness (QED) is 0.380. The minimum absolute atomic E-state index is 0.545. The summed E-state index contributed by atoms with van der Waals surface area (Å²) >= 11 is 0. The van der Waals surface area contributed by atoms with Gasteiger partial charge in [-0.15, -0.1) is 0 Å². The number of nitrogens with zero attached hydrogens (tertiary/aromatic N) is 4. The van der Waals surface area contributed by atoms with Gasteiger partial charge in [0.2, 0.25) is 11.7 Å². The molecule has 174 valence electrons. The number of piperazine rings is 1. The van der Waals surface area contributed by atoms with E-state index in [9.17, 15) is 0 Å². The lowest BCUT2D eigenvalue weighted by molar-refractivity contribution is 0.215. The van der Waals surface area contributed by atoms with Gasteiger partial charge in [-0.1, -0.05) is 47.6 Å². The molecule has 5 rings (SSSR count). The van der Waals surface area contributed by atoms with Crippen molar-refractivity contribution in [2.45, 2.75) is 27.0 Å². The molecule has 2 heterocycles. The molecule has 0 saturated carbocycles. The van der Waals surface area contributed by atoms with Gasteiger partial charge in [-0.2, -0.15) is 4.98 Å². The summed E-state index contributed by atoms with van der Waals surface area (Å²) < 4.78 is 11.4. The SMILES string of the molecule is Cc1cccc(N2CCN(Cc3nc(-c4ccc(OCc5ccccc5)cc4)no3)CC2)c1C. The van der Waals surface area contributed by atoms with E-state index in [2.05, 4.69) is 64.1 Å². The van der Waals surface area contributed by atoms with Crippen molar-refractivity contribution in [1.82, 2.24) is 15.0 Å². The highest BCUT2D eigenvalue weighted by Crippen LogP contribution is 2.25. The summed E-state index contributed by atoms with van der Waals surface area (Å²) in [6.07, 6.45) is 0. The van der Waals surface area contributed by atoms with E-state index in [1.165, 1.54) is 16.8 Å². The van der Waals surface area contributed by atoms with E-state index in [0.29, 0.717) is 24.9 Å². The van der Waals surface area contributed by atoms with Crippen molar-refractivity contribution in [2.75, 3.05) is 31.1 Å². The Kier molecular flexibility index (Phi) is 6.58. The smallest absolute Gasteiger partial charge is 0.241 e. The fraction of sp³-hybridized carbons (Fsp3) is 0.286. The van der Waals surface area contributed by atoms with Crippen LogP contribution < -0.4 is 9.64 Å². The van der Waals surface area contributed by atoms with Gasteiger partial charge in [-0.05, 0) is 60.9 Å². The molecule has 0 spiro atoms. The molecule has 1 aliphatic heterocycles. The minimum Gasteiger partial charge on any atom is -0.489 e. The summed E-state index contributed by atoms with van der Waals surface area (Å²) in [6, 6.07) is 24.5. The molecule has 0 N–H and O–H groups in total. The van der Waals surface area contributed by atoms with Crippen LogP contribution in [0.5, 0.6) is 5.75 Å². The van der Waals surface area contributed by atoms with Crippen LogP contribution in [-0.4, -0.2) is 41.2 Å². The lowest BCUT2D eigenvalue weighted by Gasteiger charge is -2.36. The number of anilines is 1. The third-order valence-electron chi connectivity index (χ3n) is 6.48. The van der Waals surface area contributed by atoms with Crippen molar-refractivity contribution in [3.8, 4) is 17.1 Å². The maximum atomic E-state index is 5.87. The van der Waals surface area contributed by atoms with Crippen LogP contribution in [0.4, 0.5) is 5.69 Å². The summed E-state index contributed by atoms with van der Waals surface area (Å²) in [5.74, 6) is 2.08. The first-order chi connectivity index (χ1) is 16.7. The fourth-order valence-corrected chi connectivity index (χ4v) is 4.29. The molecule has 1 aromatic heterocycles. The van der Waals surface area contributed by atoms with Crippen molar-refractivity contribution in [3.05, 3.63) is 95.4 Å². The number of benzene rings is 3. The fourth-order valence-electron chi connectivity index (χ4n) is 4.29. The molecule has 0 atom stereocenters. The van der Waals surface area contributed by atoms with E-state index in [1.807, 2.05) is 42.5 Å². The summed E-state index contributed by atoms with van der Waals surface area (Å²) in [5, 5.41) is 4.19. The Morgan fingerprint density at radius 2 is 1.62 bits per heavy atom. The predicted molar refractivity (Wildman–Crippen MR) is 134 cm³/mol. The molecule has 34 heavy (non-hydrogen) atoms. The second-order valence-electron chi connectivity index (χ2n) is 8.79. The second kappa shape index (κ2) is 10.1. The molecule has 1 saturated heterocycles. The first-order valence-corrected chi connectivity index (χ1v) is 11.8. The van der Waals surface area contributed by atoms with Gasteiger partial charge in [-0.25, -0.2) is 0 Å². The van der Waals surface area contributed by atoms with Gasteiger partial charge >= 0.3 is 0 Å². The van der Waals surface area contributed by atoms with Crippen LogP contribution in [0.2, 0.25) is 0 Å². The van der Waals surface area contributed by atoms with Gasteiger partial charge < -0.3 is 14.2 Å². The van der Waals surface area contributed by atoms with Gasteiger partial charge in [0.15, 0.2) is 0 Å². The Balaban J connectivity index is 1.14. The minimum atomic E-state index is 0.545. The van der Waals surface area contributed by atoms with Crippen molar-refractivity contribution in [2.24, 2.45) is 0 Å². The molecular formula is C28H30N4O2. The predicted octanol–water partition coefficient (Wildman–Crippen LogP) is 5.25. The van der Waals surface area contributed by atoms with Crippen LogP contribution in [0.15, 0.2) is 77.3 Å². The van der Waals surface area contributed by atoms with Crippen molar-refractivity contribution >= 4 is 5.69 Å². The Morgan fingerprint density at radius 1 is 0.853 bits per heavy atom. The van der Waals surface area contributed by atoms with Crippen LogP contribution >= 0.6 is 0 Å². The molecule has 6 heteroatoms. The zero-order chi connectivity index (χ0) is 23.3. The van der Waals surface area contributed by atoms with Crippen LogP contribution in [0, 0.1) is 13.8 Å². The van der Waals surface area contributed by atoms with Gasteiger partial charge in [0.25, 0.3) is 0 Å². The topological polar surface area (TPSA) is 54.6 Å². The van der Waals surface area contributed by atoms with Gasteiger partial charge in [0.1, 0.15) is 12.4 Å². The van der Waals surface area contributed by atoms with Crippen LogP contribution in [0.3, 0.4) is 0 Å². The Hall–Kier alpha value is -3.64. The third kappa shape index (κ3) is 5.13. The van der Waals surface area contributed by atoms with Crippen LogP contribution in [0.25, 0.3) is 11.4 Å². The highest BCUT2D eigenvalue weighted by molar-refractivity contribution is 5.56. The summed E-state index contributed by atoms with van der Waals surface area (Å²) in [4.78, 5) is 9.47. The molecule has 0 unspecified atom stereocenters. The van der Waals surface area contributed by atoms with Crippen LogP contribution in [0.1, 0.15) is 22.6 Å². The highest BCUT2D eigenvalue weighted by atomic mass is 16.5. The van der Waals surface area contributed by atoms with E-state index in [-0.39, 0.29) is 0 Å². The first-order valence-electron chi connectivity index (χ1n) is 11.8. The normalized spacial score (nSPS) is 14.4. The van der Waals surface area contributed by atoms with E-state index in [1.54, 1.807) is 0 Å². The monoisotopic (exact) mass is 454 g/mol. The van der Waals surface area contributed by atoms with Crippen molar-refractivity contribution < 1.29 is 9.26 Å². The van der Waals surface area contributed by atoms with Crippen molar-refractivity contribution in [3.63, 3.8) is 0 Å². The zero-order valence-corrected chi connectivity index (χ0v) is 19.8. The van der Waals surface area contributed by atoms with E-state index in [0.717, 1.165) is 43.1 Å². The largest absolute Gasteiger partial charge is 0.489 e. The summed E-state index contributed by atoms with van der Waals surface area (Å²) in [6.45, 7) is 9.53. The number of aryl methyl sites for hydroxylation is 1. The average Bonchev–Trinajstić information content (AvgIpc) is 3.34. The molecule has 0 radical (unpaired) electrons. The van der Waals surface area contributed by atoms with Crippen LogP contribution in [-0.2, 0) is 13.2 Å². The molecule has 1 fully saturated rings. The molecule has 0 aliphatic carbocycles. The van der Waals surface area contributed by atoms with Gasteiger partial charge in [0, 0.05) is 37.4 Å². The van der Waals surface area contributed by atoms with Gasteiger partial charge in [0.05, 0.1) is 6.54 Å². The maximum absolute atomic E-state index is 5.87. The Morgan fingerprint density at radius 3 is 2.38 bits per heavy atom. The first kappa shape index (κ1) is 22.2. The Bertz CT molecular complexity index is 1210. The lowest BCUT2D eigenvalue weighted by atomic mass is 10.1. The average molecular weight is 455 g/mol. The molecule has 6 nitrogen and oxygen atoms in total. The van der Waals surface area contributed by atoms with E-state index < -0.39 is 0 Å². The summed E-state index contributed by atoms with van der Waals surface area (Å²) in [5.41, 5.74) is 6.12. The van der Waals surface area contributed by atoms with E-state index in [4.69, 9.17) is 9.26 Å². The molecule has 1 aliphatic rings. The lowest BCUT2D eigenvalue weighted by Crippen LogP contribution is -2.46. The molecule has 0 amide bonds. The highest BCUT2D eigenvalue weighted by Gasteiger charge is 2.21. The summed E-state index contributed by atoms with van der Waals surface area (Å²) in [7, 11) is 0. The number of hydrogen-bond donors (Lipinski definition) is 0. The van der Waals surface area contributed by atoms with Gasteiger partial charge in [-0.3, -0.25) is 4.90 Å². The molecular weight excluding hydrogens is 424 g/mol.